The maximum atomic E-state index is 7.29. The molecule has 13 unspecified atom stereocenters. The Morgan fingerprint density at radius 3 is 1.66 bits per heavy atom. The molecule has 1 heterocycles. The first kappa shape index (κ1) is 43.6. The van der Waals surface area contributed by atoms with Gasteiger partial charge in [-0.25, -0.2) is 0 Å². The van der Waals surface area contributed by atoms with Crippen molar-refractivity contribution in [2.45, 2.75) is 67.2 Å². The molecule has 3 aromatic carbocycles. The van der Waals surface area contributed by atoms with Crippen molar-refractivity contribution in [2.24, 2.45) is 47.3 Å². The number of allylic oxidation sites excluding steroid dienone is 5. The van der Waals surface area contributed by atoms with Crippen LogP contribution in [-0.4, -0.2) is 119 Å². The minimum absolute atomic E-state index is 0.0176. The number of hydrogen-bond acceptors (Lipinski definition) is 10. The second-order valence-corrected chi connectivity index (χ2v) is 24.6. The van der Waals surface area contributed by atoms with E-state index >= 15 is 0 Å². The van der Waals surface area contributed by atoms with Crippen molar-refractivity contribution in [1.82, 2.24) is 4.90 Å². The Morgan fingerprint density at radius 1 is 0.514 bits per heavy atom. The van der Waals surface area contributed by atoms with Gasteiger partial charge >= 0.3 is 0 Å². The molecule has 0 bridgehead atoms. The zero-order valence-corrected chi connectivity index (χ0v) is 43.4. The summed E-state index contributed by atoms with van der Waals surface area (Å²) in [5, 5.41) is 7.02. The van der Waals surface area contributed by atoms with Crippen molar-refractivity contribution in [3.05, 3.63) is 102 Å². The lowest BCUT2D eigenvalue weighted by Gasteiger charge is -2.59. The first-order valence-corrected chi connectivity index (χ1v) is 28.6. The Hall–Kier alpha value is -4.52. The number of nitrogens with zero attached hydrogens (tertiary/aromatic N) is 1. The Bertz CT molecular complexity index is 3490. The number of likely N-dealkylation sites (tertiary alicyclic amines) is 1. The molecule has 2 spiro atoms. The second kappa shape index (κ2) is 15.1. The SMILES string of the molecule is COCCOCCOc1ccc(C2N(C)CC34c5c6c7c8c9c5=C5CCC=9C9C=CC%10C%11C=CC%12C%13=c%14c%15c(c-6c6c%14=C(CC%13)C(CCC53)C624)C7=C(C%10C89)C%11C%15%12)c(OCCOCCOC)c1OCCOCCOC. The number of ether oxygens (including phenoxy) is 9. The normalized spacial score (nSPS) is 35.5. The molecule has 18 rings (SSSR count). The molecule has 1 aliphatic heterocycles. The predicted octanol–water partition coefficient (Wildman–Crippen LogP) is 6.09. The molecule has 2 saturated carbocycles. The molecule has 382 valence electrons. The van der Waals surface area contributed by atoms with Crippen LogP contribution in [0.25, 0.3) is 39.0 Å². The quantitative estimate of drug-likeness (QED) is 0.0683. The molecule has 10 heteroatoms. The van der Waals surface area contributed by atoms with E-state index in [0.717, 1.165) is 12.3 Å². The average Bonchev–Trinajstić information content (AvgIpc) is 3.48. The smallest absolute Gasteiger partial charge is 0.204 e. The third-order valence-electron chi connectivity index (χ3n) is 22.6. The lowest BCUT2D eigenvalue weighted by Crippen LogP contribution is -2.61. The highest BCUT2D eigenvalue weighted by Gasteiger charge is 2.80. The van der Waals surface area contributed by atoms with Crippen molar-refractivity contribution in [2.75, 3.05) is 114 Å². The lowest BCUT2D eigenvalue weighted by atomic mass is 9.41. The summed E-state index contributed by atoms with van der Waals surface area (Å²) in [6.07, 6.45) is 18.5. The highest BCUT2D eigenvalue weighted by atomic mass is 16.6. The van der Waals surface area contributed by atoms with Gasteiger partial charge in [0.15, 0.2) is 11.5 Å². The van der Waals surface area contributed by atoms with Gasteiger partial charge in [-0.15, -0.1) is 0 Å². The summed E-state index contributed by atoms with van der Waals surface area (Å²) < 4.78 is 55.1. The number of methoxy groups -OCH3 is 3. The van der Waals surface area contributed by atoms with Crippen LogP contribution in [0.5, 0.6) is 17.2 Å². The van der Waals surface area contributed by atoms with E-state index in [1.54, 1.807) is 92.3 Å². The van der Waals surface area contributed by atoms with Gasteiger partial charge in [0.2, 0.25) is 5.75 Å². The fraction of sp³-hybridized carbons (Fsp3) is 0.562. The van der Waals surface area contributed by atoms with Gasteiger partial charge < -0.3 is 42.6 Å². The lowest BCUT2D eigenvalue weighted by molar-refractivity contribution is 0.0460. The summed E-state index contributed by atoms with van der Waals surface area (Å²) in [6, 6.07) is 4.59. The number of benzene rings is 3. The van der Waals surface area contributed by atoms with Crippen molar-refractivity contribution in [3.8, 4) is 28.4 Å². The fourth-order valence-corrected chi connectivity index (χ4v) is 21.4. The number of likely N-dealkylation sites (N-methyl/N-ethyl adjacent to an activating group) is 1. The van der Waals surface area contributed by atoms with E-state index in [-0.39, 0.29) is 16.9 Å². The van der Waals surface area contributed by atoms with Crippen LogP contribution in [0.15, 0.2) is 42.0 Å². The largest absolute Gasteiger partial charge is 0.487 e. The molecule has 0 N–H and O–H groups in total. The van der Waals surface area contributed by atoms with Crippen LogP contribution in [0, 0.1) is 47.3 Å². The van der Waals surface area contributed by atoms with Crippen molar-refractivity contribution < 1.29 is 42.6 Å². The molecule has 3 fully saturated rings. The monoisotopic (exact) mass is 993 g/mol. The summed E-state index contributed by atoms with van der Waals surface area (Å²) in [5.74, 6) is 7.72. The first-order valence-electron chi connectivity index (χ1n) is 28.6. The molecule has 74 heavy (non-hydrogen) atoms. The Kier molecular flexibility index (Phi) is 8.92. The molecule has 14 aliphatic carbocycles. The molecule has 1 saturated heterocycles. The molecule has 0 aromatic heterocycles. The van der Waals surface area contributed by atoms with Gasteiger partial charge in [0.25, 0.3) is 0 Å². The first-order chi connectivity index (χ1) is 36.6. The van der Waals surface area contributed by atoms with E-state index in [4.69, 9.17) is 42.6 Å². The average molecular weight is 994 g/mol. The van der Waals surface area contributed by atoms with Crippen LogP contribution in [0.3, 0.4) is 0 Å². The number of hydrogen-bond donors (Lipinski definition) is 0. The second-order valence-electron chi connectivity index (χ2n) is 24.6. The molecular weight excluding hydrogens is 927 g/mol. The minimum Gasteiger partial charge on any atom is -0.487 e. The summed E-state index contributed by atoms with van der Waals surface area (Å²) in [5.41, 5.74) is 26.0. The van der Waals surface area contributed by atoms with E-state index < -0.39 is 0 Å². The summed E-state index contributed by atoms with van der Waals surface area (Å²) in [4.78, 5) is 2.84. The Balaban J connectivity index is 0.908. The number of fused-ring (bicyclic) bond motifs is 5. The van der Waals surface area contributed by atoms with Gasteiger partial charge in [0, 0.05) is 74.0 Å². The number of rotatable bonds is 22. The van der Waals surface area contributed by atoms with E-state index in [1.807, 2.05) is 27.9 Å². The van der Waals surface area contributed by atoms with Gasteiger partial charge in [-0.2, -0.15) is 0 Å². The zero-order chi connectivity index (χ0) is 48.7. The third kappa shape index (κ3) is 4.64. The van der Waals surface area contributed by atoms with Gasteiger partial charge in [-0.05, 0) is 164 Å². The van der Waals surface area contributed by atoms with Gasteiger partial charge in [-0.1, -0.05) is 52.2 Å². The molecule has 0 amide bonds. The summed E-state index contributed by atoms with van der Waals surface area (Å²) in [6.45, 7) is 6.49. The van der Waals surface area contributed by atoms with Gasteiger partial charge in [0.1, 0.15) is 19.8 Å². The topological polar surface area (TPSA) is 86.3 Å². The van der Waals surface area contributed by atoms with Gasteiger partial charge in [-0.3, -0.25) is 4.90 Å². The van der Waals surface area contributed by atoms with Crippen LogP contribution < -0.4 is 35.1 Å². The molecule has 10 nitrogen and oxygen atoms in total. The highest BCUT2D eigenvalue weighted by Crippen LogP contribution is 2.82. The fourth-order valence-electron chi connectivity index (χ4n) is 21.4. The molecule has 0 radical (unpaired) electrons. The van der Waals surface area contributed by atoms with E-state index in [1.165, 1.54) is 44.1 Å². The molecule has 3 aromatic rings. The molecular formula is C64H67NO9. The molecule has 13 atom stereocenters. The van der Waals surface area contributed by atoms with Crippen LogP contribution in [0.4, 0.5) is 0 Å². The van der Waals surface area contributed by atoms with Crippen LogP contribution >= 0.6 is 0 Å². The summed E-state index contributed by atoms with van der Waals surface area (Å²) >= 11 is 0. The van der Waals surface area contributed by atoms with Crippen molar-refractivity contribution >= 4 is 27.9 Å². The van der Waals surface area contributed by atoms with Crippen molar-refractivity contribution in [1.29, 1.82) is 0 Å². The van der Waals surface area contributed by atoms with Gasteiger partial charge in [0.05, 0.1) is 59.5 Å². The van der Waals surface area contributed by atoms with E-state index in [9.17, 15) is 0 Å². The standard InChI is InChI=1S/C64H67NO9/c1-65-29-63-39-14-15-40-37-12-10-35-33-8-6-31-30-5-7-32-34-9-11-36(39)48-46(34)51-44(32)42(30)50-43(31)45(33)52-47(35)49(37)59(57-55(52)53(50)54(51)56(57)58(48)63)64(40,63)62(65)38-13-16-41(72-26-23-69-20-17-66-2)61(74-28-25-71-22-19-68-4)60(38)73-27-24-70-21-18-67-3/h5-8,13,16,30-33,39-40,42-45,62H,9-12,14-15,17-29H2,1-4H3. The van der Waals surface area contributed by atoms with Crippen molar-refractivity contribution in [3.63, 3.8) is 0 Å². The van der Waals surface area contributed by atoms with Crippen LogP contribution in [0.1, 0.15) is 95.3 Å². The Labute approximate surface area is 432 Å². The van der Waals surface area contributed by atoms with Crippen LogP contribution in [-0.2, 0) is 39.3 Å². The maximum Gasteiger partial charge on any atom is 0.204 e. The minimum atomic E-state index is -0.209. The highest BCUT2D eigenvalue weighted by molar-refractivity contribution is 6.13. The van der Waals surface area contributed by atoms with E-state index in [0.29, 0.717) is 150 Å². The predicted molar refractivity (Wildman–Crippen MR) is 279 cm³/mol. The Morgan fingerprint density at radius 2 is 1.04 bits per heavy atom. The van der Waals surface area contributed by atoms with Crippen LogP contribution in [0.2, 0.25) is 0 Å². The van der Waals surface area contributed by atoms with E-state index in [2.05, 4.69) is 48.4 Å². The summed E-state index contributed by atoms with van der Waals surface area (Å²) in [7, 11) is 7.61. The molecule has 15 aliphatic rings. The maximum absolute atomic E-state index is 7.29. The zero-order valence-electron chi connectivity index (χ0n) is 43.4. The third-order valence-corrected chi connectivity index (χ3v) is 22.6.